The molecule has 19 heavy (non-hydrogen) atoms. The van der Waals surface area contributed by atoms with Crippen LogP contribution in [-0.2, 0) is 11.2 Å². The molecule has 0 fully saturated rings. The second-order valence-corrected chi connectivity index (χ2v) is 4.53. The summed E-state index contributed by atoms with van der Waals surface area (Å²) < 4.78 is 4.15. The molecule has 6 heteroatoms. The molecule has 2 rings (SSSR count). The van der Waals surface area contributed by atoms with E-state index in [1.165, 1.54) is 11.5 Å². The third-order valence-electron chi connectivity index (χ3n) is 2.27. The molecule has 0 aliphatic heterocycles. The van der Waals surface area contributed by atoms with E-state index >= 15 is 0 Å². The van der Waals surface area contributed by atoms with Gasteiger partial charge in [-0.25, -0.2) is 4.98 Å². The number of allylic oxidation sites excluding steroid dienone is 1. The number of carboxylic acids is 1. The van der Waals surface area contributed by atoms with Crippen molar-refractivity contribution in [1.29, 1.82) is 0 Å². The van der Waals surface area contributed by atoms with Gasteiger partial charge in [-0.2, -0.15) is 4.37 Å². The van der Waals surface area contributed by atoms with E-state index in [2.05, 4.69) is 14.7 Å². The Morgan fingerprint density at radius 2 is 2.16 bits per heavy atom. The first-order chi connectivity index (χ1) is 9.24. The van der Waals surface area contributed by atoms with Crippen molar-refractivity contribution in [3.05, 3.63) is 47.8 Å². The largest absolute Gasteiger partial charge is 0.480 e. The molecule has 2 N–H and O–H groups in total. The quantitative estimate of drug-likeness (QED) is 0.846. The summed E-state index contributed by atoms with van der Waals surface area (Å²) in [5, 5.41) is 11.8. The maximum atomic E-state index is 10.4. The first kappa shape index (κ1) is 13.2. The lowest BCUT2D eigenvalue weighted by molar-refractivity contribution is -0.134. The molecule has 1 aromatic heterocycles. The molecule has 0 unspecified atom stereocenters. The van der Waals surface area contributed by atoms with Crippen LogP contribution in [0.1, 0.15) is 11.4 Å². The molecule has 0 saturated heterocycles. The number of anilines is 1. The van der Waals surface area contributed by atoms with Crippen LogP contribution in [0.4, 0.5) is 5.13 Å². The zero-order valence-corrected chi connectivity index (χ0v) is 10.9. The van der Waals surface area contributed by atoms with E-state index in [0.29, 0.717) is 17.4 Å². The first-order valence-corrected chi connectivity index (χ1v) is 6.51. The standard InChI is InChI=1S/C13H13N3O2S/c17-12(18)9-14-13-15-11(16-19-13)8-4-7-10-5-2-1-3-6-10/h1-7H,8-9H2,(H,17,18)(H,14,15,16). The zero-order chi connectivity index (χ0) is 13.5. The van der Waals surface area contributed by atoms with Gasteiger partial charge in [0.05, 0.1) is 0 Å². The molecule has 98 valence electrons. The average molecular weight is 275 g/mol. The minimum atomic E-state index is -0.916. The first-order valence-electron chi connectivity index (χ1n) is 5.74. The van der Waals surface area contributed by atoms with Crippen LogP contribution in [0.3, 0.4) is 0 Å². The second-order valence-electron chi connectivity index (χ2n) is 3.78. The number of carbonyl (C=O) groups is 1. The maximum Gasteiger partial charge on any atom is 0.322 e. The van der Waals surface area contributed by atoms with Crippen LogP contribution < -0.4 is 5.32 Å². The van der Waals surface area contributed by atoms with E-state index < -0.39 is 5.97 Å². The van der Waals surface area contributed by atoms with Gasteiger partial charge in [0.2, 0.25) is 5.13 Å². The Morgan fingerprint density at radius 1 is 1.37 bits per heavy atom. The summed E-state index contributed by atoms with van der Waals surface area (Å²) in [7, 11) is 0. The fourth-order valence-corrected chi connectivity index (χ4v) is 2.01. The Balaban J connectivity index is 1.86. The Hall–Kier alpha value is -2.21. The van der Waals surface area contributed by atoms with Crippen molar-refractivity contribution in [1.82, 2.24) is 9.36 Å². The topological polar surface area (TPSA) is 75.1 Å². The highest BCUT2D eigenvalue weighted by molar-refractivity contribution is 7.09. The second kappa shape index (κ2) is 6.65. The van der Waals surface area contributed by atoms with Gasteiger partial charge < -0.3 is 10.4 Å². The molecular formula is C13H13N3O2S. The van der Waals surface area contributed by atoms with Gasteiger partial charge in [-0.1, -0.05) is 42.5 Å². The average Bonchev–Trinajstić information content (AvgIpc) is 2.86. The van der Waals surface area contributed by atoms with Crippen molar-refractivity contribution in [2.24, 2.45) is 0 Å². The van der Waals surface area contributed by atoms with Gasteiger partial charge in [0, 0.05) is 18.0 Å². The van der Waals surface area contributed by atoms with Gasteiger partial charge >= 0.3 is 5.97 Å². The van der Waals surface area contributed by atoms with Gasteiger partial charge in [0.15, 0.2) is 0 Å². The Morgan fingerprint density at radius 3 is 2.89 bits per heavy atom. The molecule has 5 nitrogen and oxygen atoms in total. The summed E-state index contributed by atoms with van der Waals surface area (Å²) in [5.41, 5.74) is 1.13. The minimum absolute atomic E-state index is 0.144. The molecule has 1 heterocycles. The third-order valence-corrected chi connectivity index (χ3v) is 2.98. The van der Waals surface area contributed by atoms with Crippen LogP contribution in [0.5, 0.6) is 0 Å². The van der Waals surface area contributed by atoms with Gasteiger partial charge in [0.25, 0.3) is 0 Å². The van der Waals surface area contributed by atoms with E-state index in [-0.39, 0.29) is 6.54 Å². The number of benzene rings is 1. The van der Waals surface area contributed by atoms with Gasteiger partial charge in [-0.05, 0) is 5.56 Å². The number of aliphatic carboxylic acids is 1. The monoisotopic (exact) mass is 275 g/mol. The van der Waals surface area contributed by atoms with Crippen LogP contribution in [0.2, 0.25) is 0 Å². The van der Waals surface area contributed by atoms with E-state index in [4.69, 9.17) is 5.11 Å². The summed E-state index contributed by atoms with van der Waals surface area (Å²) in [6.45, 7) is -0.144. The highest BCUT2D eigenvalue weighted by Crippen LogP contribution is 2.11. The predicted molar refractivity (Wildman–Crippen MR) is 75.2 cm³/mol. The summed E-state index contributed by atoms with van der Waals surface area (Å²) in [5.74, 6) is -0.231. The van der Waals surface area contributed by atoms with E-state index in [0.717, 1.165) is 5.56 Å². The number of nitrogens with zero attached hydrogens (tertiary/aromatic N) is 2. The predicted octanol–water partition coefficient (Wildman–Crippen LogP) is 2.29. The maximum absolute atomic E-state index is 10.4. The lowest BCUT2D eigenvalue weighted by atomic mass is 10.2. The minimum Gasteiger partial charge on any atom is -0.480 e. The molecule has 0 atom stereocenters. The fourth-order valence-electron chi connectivity index (χ4n) is 1.42. The number of carboxylic acid groups (broad SMARTS) is 1. The lowest BCUT2D eigenvalue weighted by Crippen LogP contribution is -2.11. The molecule has 0 aliphatic carbocycles. The molecule has 0 radical (unpaired) electrons. The fraction of sp³-hybridized carbons (Fsp3) is 0.154. The van der Waals surface area contributed by atoms with E-state index in [9.17, 15) is 4.79 Å². The van der Waals surface area contributed by atoms with Gasteiger partial charge in [-0.3, -0.25) is 4.79 Å². The van der Waals surface area contributed by atoms with Crippen molar-refractivity contribution >= 4 is 28.7 Å². The molecule has 2 aromatic rings. The van der Waals surface area contributed by atoms with Crippen LogP contribution in [-0.4, -0.2) is 27.0 Å². The number of hydrogen-bond acceptors (Lipinski definition) is 5. The molecule has 0 amide bonds. The Labute approximate surface area is 114 Å². The lowest BCUT2D eigenvalue weighted by Gasteiger charge is -1.94. The molecule has 0 spiro atoms. The Kier molecular flexibility index (Phi) is 4.63. The van der Waals surface area contributed by atoms with Crippen molar-refractivity contribution in [2.75, 3.05) is 11.9 Å². The Bertz CT molecular complexity index is 566. The van der Waals surface area contributed by atoms with Crippen molar-refractivity contribution in [3.8, 4) is 0 Å². The number of aromatic nitrogens is 2. The molecule has 0 aliphatic rings. The molecule has 0 bridgehead atoms. The SMILES string of the molecule is O=C(O)CNc1nc(CC=Cc2ccccc2)ns1. The van der Waals surface area contributed by atoms with Crippen LogP contribution >= 0.6 is 11.5 Å². The van der Waals surface area contributed by atoms with Crippen LogP contribution in [0.15, 0.2) is 36.4 Å². The summed E-state index contributed by atoms with van der Waals surface area (Å²) in [6, 6.07) is 9.97. The summed E-state index contributed by atoms with van der Waals surface area (Å²) in [4.78, 5) is 14.6. The van der Waals surface area contributed by atoms with E-state index in [1.807, 2.05) is 42.5 Å². The van der Waals surface area contributed by atoms with Gasteiger partial charge in [0.1, 0.15) is 12.4 Å². The highest BCUT2D eigenvalue weighted by Gasteiger charge is 2.03. The van der Waals surface area contributed by atoms with Crippen LogP contribution in [0, 0.1) is 0 Å². The summed E-state index contributed by atoms with van der Waals surface area (Å²) >= 11 is 1.17. The molecular weight excluding hydrogens is 262 g/mol. The highest BCUT2D eigenvalue weighted by atomic mass is 32.1. The van der Waals surface area contributed by atoms with Gasteiger partial charge in [-0.15, -0.1) is 0 Å². The number of hydrogen-bond donors (Lipinski definition) is 2. The smallest absolute Gasteiger partial charge is 0.322 e. The van der Waals surface area contributed by atoms with E-state index in [1.54, 1.807) is 0 Å². The van der Waals surface area contributed by atoms with Crippen molar-refractivity contribution in [3.63, 3.8) is 0 Å². The third kappa shape index (κ3) is 4.51. The van der Waals surface area contributed by atoms with Crippen molar-refractivity contribution in [2.45, 2.75) is 6.42 Å². The summed E-state index contributed by atoms with van der Waals surface area (Å²) in [6.07, 6.45) is 4.61. The number of rotatable bonds is 6. The molecule has 0 saturated carbocycles. The normalized spacial score (nSPS) is 10.7. The van der Waals surface area contributed by atoms with Crippen molar-refractivity contribution < 1.29 is 9.90 Å². The zero-order valence-electron chi connectivity index (χ0n) is 10.1. The molecule has 1 aromatic carbocycles. The van der Waals surface area contributed by atoms with Crippen LogP contribution in [0.25, 0.3) is 6.08 Å². The number of nitrogens with one attached hydrogen (secondary N) is 1.